The second-order valence-electron chi connectivity index (χ2n) is 6.87. The standard InChI is InChI=1S/C20H15BrF3N3O2.C2H6O/c1-19(28,11-27-12-26-10-14(27)9-25)17-7-6-16(8-18(17)20(22,23)24)29-15-4-2-13(21)3-5-15;1-2-3/h2-8,10,12,28H,11H2,1H3;3H,2H2,1H3. The Balaban J connectivity index is 0.00000114. The van der Waals surface area contributed by atoms with Crippen molar-refractivity contribution in [2.24, 2.45) is 0 Å². The van der Waals surface area contributed by atoms with Gasteiger partial charge in [-0.1, -0.05) is 22.0 Å². The first-order valence-electron chi connectivity index (χ1n) is 9.40. The van der Waals surface area contributed by atoms with Crippen molar-refractivity contribution in [3.05, 3.63) is 76.3 Å². The van der Waals surface area contributed by atoms with Crippen molar-refractivity contribution in [1.82, 2.24) is 9.55 Å². The zero-order chi connectivity index (χ0) is 23.9. The highest BCUT2D eigenvalue weighted by molar-refractivity contribution is 9.10. The smallest absolute Gasteiger partial charge is 0.416 e. The van der Waals surface area contributed by atoms with Crippen LogP contribution in [0.4, 0.5) is 13.2 Å². The van der Waals surface area contributed by atoms with E-state index in [-0.39, 0.29) is 30.2 Å². The Morgan fingerprint density at radius 2 is 1.72 bits per heavy atom. The number of hydrogen-bond donors (Lipinski definition) is 2. The van der Waals surface area contributed by atoms with Gasteiger partial charge in [0.15, 0.2) is 0 Å². The number of hydrogen-bond acceptors (Lipinski definition) is 5. The summed E-state index contributed by atoms with van der Waals surface area (Å²) in [5, 5.41) is 27.5. The number of ether oxygens (including phenoxy) is 1. The number of benzene rings is 2. The predicted octanol–water partition coefficient (Wildman–Crippen LogP) is 5.23. The Kier molecular flexibility index (Phi) is 8.44. The van der Waals surface area contributed by atoms with E-state index in [1.165, 1.54) is 36.1 Å². The molecule has 0 aliphatic heterocycles. The Morgan fingerprint density at radius 1 is 1.12 bits per heavy atom. The molecule has 0 spiro atoms. The van der Waals surface area contributed by atoms with Crippen molar-refractivity contribution in [2.45, 2.75) is 32.2 Å². The Morgan fingerprint density at radius 3 is 2.28 bits per heavy atom. The number of aliphatic hydroxyl groups excluding tert-OH is 1. The maximum Gasteiger partial charge on any atom is 0.416 e. The third-order valence-corrected chi connectivity index (χ3v) is 4.76. The maximum absolute atomic E-state index is 13.7. The molecule has 0 aliphatic rings. The van der Waals surface area contributed by atoms with Crippen molar-refractivity contribution < 1.29 is 28.1 Å². The lowest BCUT2D eigenvalue weighted by Crippen LogP contribution is -2.31. The highest BCUT2D eigenvalue weighted by Gasteiger charge is 2.39. The van der Waals surface area contributed by atoms with Gasteiger partial charge in [-0.3, -0.25) is 0 Å². The molecule has 1 unspecified atom stereocenters. The average Bonchev–Trinajstić information content (AvgIpc) is 3.16. The quantitative estimate of drug-likeness (QED) is 0.489. The number of imidazole rings is 1. The highest BCUT2D eigenvalue weighted by Crippen LogP contribution is 2.40. The van der Waals surface area contributed by atoms with Gasteiger partial charge in [0, 0.05) is 11.1 Å². The molecule has 1 aromatic heterocycles. The van der Waals surface area contributed by atoms with E-state index < -0.39 is 17.3 Å². The lowest BCUT2D eigenvalue weighted by Gasteiger charge is -2.28. The lowest BCUT2D eigenvalue weighted by atomic mass is 9.90. The van der Waals surface area contributed by atoms with Crippen LogP contribution in [0, 0.1) is 11.3 Å². The van der Waals surface area contributed by atoms with Gasteiger partial charge in [0.05, 0.1) is 24.6 Å². The van der Waals surface area contributed by atoms with Crippen LogP contribution in [0.3, 0.4) is 0 Å². The molecular formula is C22H21BrF3N3O3. The second kappa shape index (κ2) is 10.6. The molecule has 0 saturated heterocycles. The molecule has 2 N–H and O–H groups in total. The summed E-state index contributed by atoms with van der Waals surface area (Å²) in [6, 6.07) is 11.9. The summed E-state index contributed by atoms with van der Waals surface area (Å²) < 4.78 is 48.8. The maximum atomic E-state index is 13.7. The molecule has 0 radical (unpaired) electrons. The monoisotopic (exact) mass is 511 g/mol. The van der Waals surface area contributed by atoms with Gasteiger partial charge in [0.2, 0.25) is 0 Å². The first-order chi connectivity index (χ1) is 15.0. The third-order valence-electron chi connectivity index (χ3n) is 4.23. The number of halogens is 4. The molecule has 0 saturated carbocycles. The molecule has 10 heteroatoms. The van der Waals surface area contributed by atoms with E-state index in [4.69, 9.17) is 15.1 Å². The number of nitriles is 1. The molecule has 6 nitrogen and oxygen atoms in total. The molecule has 3 rings (SSSR count). The summed E-state index contributed by atoms with van der Waals surface area (Å²) in [7, 11) is 0. The third kappa shape index (κ3) is 6.56. The molecule has 0 fully saturated rings. The Hall–Kier alpha value is -2.87. The molecule has 2 aromatic carbocycles. The first-order valence-corrected chi connectivity index (χ1v) is 10.2. The van der Waals surface area contributed by atoms with Gasteiger partial charge in [-0.05, 0) is 55.8 Å². The van der Waals surface area contributed by atoms with E-state index >= 15 is 0 Å². The zero-order valence-electron chi connectivity index (χ0n) is 17.3. The molecule has 0 bridgehead atoms. The summed E-state index contributed by atoms with van der Waals surface area (Å²) in [4.78, 5) is 3.79. The average molecular weight is 512 g/mol. The Labute approximate surface area is 191 Å². The van der Waals surface area contributed by atoms with E-state index in [0.29, 0.717) is 5.75 Å². The van der Waals surface area contributed by atoms with E-state index in [9.17, 15) is 18.3 Å². The van der Waals surface area contributed by atoms with Gasteiger partial charge in [-0.2, -0.15) is 18.4 Å². The Bertz CT molecular complexity index is 1070. The first kappa shape index (κ1) is 25.4. The second-order valence-corrected chi connectivity index (χ2v) is 7.79. The fraction of sp³-hybridized carbons (Fsp3) is 0.273. The number of nitrogens with zero attached hydrogens (tertiary/aromatic N) is 3. The summed E-state index contributed by atoms with van der Waals surface area (Å²) in [6.07, 6.45) is -2.16. The molecule has 170 valence electrons. The fourth-order valence-corrected chi connectivity index (χ4v) is 3.15. The lowest BCUT2D eigenvalue weighted by molar-refractivity contribution is -0.140. The van der Waals surface area contributed by atoms with Crippen LogP contribution >= 0.6 is 15.9 Å². The minimum absolute atomic E-state index is 0.0143. The number of aliphatic hydroxyl groups is 2. The van der Waals surface area contributed by atoms with Crippen molar-refractivity contribution in [3.8, 4) is 17.6 Å². The van der Waals surface area contributed by atoms with Crippen LogP contribution in [0.15, 0.2) is 59.5 Å². The van der Waals surface area contributed by atoms with Crippen LogP contribution in [0.5, 0.6) is 11.5 Å². The van der Waals surface area contributed by atoms with E-state index in [2.05, 4.69) is 20.9 Å². The summed E-state index contributed by atoms with van der Waals surface area (Å²) in [5.41, 5.74) is -3.12. The van der Waals surface area contributed by atoms with Crippen molar-refractivity contribution >= 4 is 15.9 Å². The van der Waals surface area contributed by atoms with Gasteiger partial charge in [-0.15, -0.1) is 0 Å². The van der Waals surface area contributed by atoms with Gasteiger partial charge in [0.1, 0.15) is 28.9 Å². The highest BCUT2D eigenvalue weighted by atomic mass is 79.9. The van der Waals surface area contributed by atoms with Gasteiger partial charge in [0.25, 0.3) is 0 Å². The van der Waals surface area contributed by atoms with Crippen LogP contribution < -0.4 is 4.74 Å². The molecule has 3 aromatic rings. The zero-order valence-corrected chi connectivity index (χ0v) is 18.9. The van der Waals surface area contributed by atoms with E-state index in [1.807, 2.05) is 6.07 Å². The van der Waals surface area contributed by atoms with E-state index in [1.54, 1.807) is 31.2 Å². The number of rotatable bonds is 5. The number of aromatic nitrogens is 2. The minimum Gasteiger partial charge on any atom is -0.457 e. The van der Waals surface area contributed by atoms with Crippen LogP contribution in [0.2, 0.25) is 0 Å². The van der Waals surface area contributed by atoms with Crippen molar-refractivity contribution in [1.29, 1.82) is 5.26 Å². The van der Waals surface area contributed by atoms with Crippen molar-refractivity contribution in [2.75, 3.05) is 6.61 Å². The largest absolute Gasteiger partial charge is 0.457 e. The van der Waals surface area contributed by atoms with E-state index in [0.717, 1.165) is 10.5 Å². The molecule has 1 heterocycles. The van der Waals surface area contributed by atoms with Gasteiger partial charge in [-0.25, -0.2) is 4.98 Å². The molecule has 0 amide bonds. The summed E-state index contributed by atoms with van der Waals surface area (Å²) >= 11 is 3.28. The summed E-state index contributed by atoms with van der Waals surface area (Å²) in [6.45, 7) is 2.92. The minimum atomic E-state index is -4.72. The predicted molar refractivity (Wildman–Crippen MR) is 115 cm³/mol. The van der Waals surface area contributed by atoms with Crippen LogP contribution in [0.25, 0.3) is 0 Å². The van der Waals surface area contributed by atoms with Crippen molar-refractivity contribution in [3.63, 3.8) is 0 Å². The van der Waals surface area contributed by atoms with Crippen LogP contribution in [-0.4, -0.2) is 26.4 Å². The molecule has 0 aliphatic carbocycles. The topological polar surface area (TPSA) is 91.3 Å². The van der Waals surface area contributed by atoms with Gasteiger partial charge < -0.3 is 19.5 Å². The molecule has 1 atom stereocenters. The molecular weight excluding hydrogens is 491 g/mol. The fourth-order valence-electron chi connectivity index (χ4n) is 2.89. The summed E-state index contributed by atoms with van der Waals surface area (Å²) in [5.74, 6) is 0.359. The molecule has 32 heavy (non-hydrogen) atoms. The normalized spacial score (nSPS) is 12.8. The van der Waals surface area contributed by atoms with Gasteiger partial charge >= 0.3 is 6.18 Å². The number of alkyl halides is 3. The van der Waals surface area contributed by atoms with Crippen LogP contribution in [-0.2, 0) is 18.3 Å². The SMILES string of the molecule is CC(O)(Cn1cncc1C#N)c1ccc(Oc2ccc(Br)cc2)cc1C(F)(F)F.CCO. The van der Waals surface area contributed by atoms with Crippen LogP contribution in [0.1, 0.15) is 30.7 Å².